The van der Waals surface area contributed by atoms with E-state index in [-0.39, 0.29) is 11.9 Å². The minimum Gasteiger partial charge on any atom is -0.399 e. The van der Waals surface area contributed by atoms with Gasteiger partial charge in [-0.05, 0) is 37.0 Å². The van der Waals surface area contributed by atoms with Crippen LogP contribution in [0, 0.1) is 0 Å². The standard InChI is InChI=1S/C15H24N2O3S/c1-2-9-17(11-13-5-7-14(16)8-6-13)21(18,19)12-15-4-3-10-20-15/h5-8,15H,2-4,9-12,16H2,1H3. The number of sulfonamides is 1. The van der Waals surface area contributed by atoms with E-state index in [4.69, 9.17) is 10.5 Å². The van der Waals surface area contributed by atoms with Crippen LogP contribution in [-0.4, -0.2) is 37.7 Å². The third-order valence-electron chi connectivity index (χ3n) is 3.63. The molecule has 0 amide bonds. The lowest BCUT2D eigenvalue weighted by molar-refractivity contribution is 0.126. The van der Waals surface area contributed by atoms with E-state index in [1.807, 2.05) is 19.1 Å². The Morgan fingerprint density at radius 1 is 1.33 bits per heavy atom. The minimum atomic E-state index is -3.30. The number of hydrogen-bond donors (Lipinski definition) is 1. The van der Waals surface area contributed by atoms with E-state index in [1.54, 1.807) is 16.4 Å². The van der Waals surface area contributed by atoms with Crippen LogP contribution in [0.4, 0.5) is 5.69 Å². The number of nitrogen functional groups attached to an aromatic ring is 1. The molecule has 2 N–H and O–H groups in total. The maximum absolute atomic E-state index is 12.6. The van der Waals surface area contributed by atoms with Crippen LogP contribution in [0.15, 0.2) is 24.3 Å². The summed E-state index contributed by atoms with van der Waals surface area (Å²) in [5.74, 6) is 0.0853. The van der Waals surface area contributed by atoms with Crippen molar-refractivity contribution in [1.29, 1.82) is 0 Å². The molecule has 2 rings (SSSR count). The van der Waals surface area contributed by atoms with Gasteiger partial charge in [0.15, 0.2) is 0 Å². The summed E-state index contributed by atoms with van der Waals surface area (Å²) in [6, 6.07) is 7.34. The predicted molar refractivity (Wildman–Crippen MR) is 84.3 cm³/mol. The molecule has 1 atom stereocenters. The molecule has 0 radical (unpaired) electrons. The van der Waals surface area contributed by atoms with Gasteiger partial charge in [0, 0.05) is 25.4 Å². The van der Waals surface area contributed by atoms with Gasteiger partial charge in [-0.25, -0.2) is 8.42 Å². The highest BCUT2D eigenvalue weighted by molar-refractivity contribution is 7.89. The molecule has 1 aromatic carbocycles. The van der Waals surface area contributed by atoms with Crippen LogP contribution in [0.2, 0.25) is 0 Å². The molecular weight excluding hydrogens is 288 g/mol. The lowest BCUT2D eigenvalue weighted by Gasteiger charge is -2.23. The number of nitrogens with zero attached hydrogens (tertiary/aromatic N) is 1. The van der Waals surface area contributed by atoms with E-state index in [1.165, 1.54) is 0 Å². The summed E-state index contributed by atoms with van der Waals surface area (Å²) < 4.78 is 32.2. The van der Waals surface area contributed by atoms with E-state index < -0.39 is 10.0 Å². The summed E-state index contributed by atoms with van der Waals surface area (Å²) in [5, 5.41) is 0. The highest BCUT2D eigenvalue weighted by atomic mass is 32.2. The highest BCUT2D eigenvalue weighted by Crippen LogP contribution is 2.18. The number of hydrogen-bond acceptors (Lipinski definition) is 4. The van der Waals surface area contributed by atoms with Crippen molar-refractivity contribution in [2.75, 3.05) is 24.6 Å². The average Bonchev–Trinajstić information content (AvgIpc) is 2.93. The smallest absolute Gasteiger partial charge is 0.216 e. The molecule has 6 heteroatoms. The second kappa shape index (κ2) is 7.24. The summed E-state index contributed by atoms with van der Waals surface area (Å²) in [7, 11) is -3.30. The molecule has 1 fully saturated rings. The maximum Gasteiger partial charge on any atom is 0.216 e. The largest absolute Gasteiger partial charge is 0.399 e. The van der Waals surface area contributed by atoms with Crippen molar-refractivity contribution < 1.29 is 13.2 Å². The van der Waals surface area contributed by atoms with E-state index in [0.29, 0.717) is 25.4 Å². The molecule has 1 aromatic rings. The topological polar surface area (TPSA) is 72.6 Å². The van der Waals surface area contributed by atoms with Crippen molar-refractivity contribution in [3.05, 3.63) is 29.8 Å². The van der Waals surface area contributed by atoms with Crippen molar-refractivity contribution in [2.24, 2.45) is 0 Å². The Hall–Kier alpha value is -1.11. The number of nitrogens with two attached hydrogens (primary N) is 1. The van der Waals surface area contributed by atoms with Gasteiger partial charge in [-0.3, -0.25) is 0 Å². The lowest BCUT2D eigenvalue weighted by Crippen LogP contribution is -2.36. The van der Waals surface area contributed by atoms with Gasteiger partial charge >= 0.3 is 0 Å². The Bertz CT molecular complexity index is 537. The Balaban J connectivity index is 2.07. The van der Waals surface area contributed by atoms with E-state index in [9.17, 15) is 8.42 Å². The van der Waals surface area contributed by atoms with Crippen molar-refractivity contribution in [2.45, 2.75) is 38.8 Å². The Morgan fingerprint density at radius 3 is 2.62 bits per heavy atom. The summed E-state index contributed by atoms with van der Waals surface area (Å²) in [5.41, 5.74) is 7.30. The van der Waals surface area contributed by atoms with E-state index in [2.05, 4.69) is 0 Å². The fraction of sp³-hybridized carbons (Fsp3) is 0.600. The maximum atomic E-state index is 12.6. The van der Waals surface area contributed by atoms with Gasteiger partial charge in [0.25, 0.3) is 0 Å². The zero-order valence-corrected chi connectivity index (χ0v) is 13.3. The van der Waals surface area contributed by atoms with Crippen molar-refractivity contribution in [3.8, 4) is 0 Å². The minimum absolute atomic E-state index is 0.0853. The molecule has 118 valence electrons. The van der Waals surface area contributed by atoms with Crippen molar-refractivity contribution in [3.63, 3.8) is 0 Å². The first kappa shape index (κ1) is 16.3. The highest BCUT2D eigenvalue weighted by Gasteiger charge is 2.28. The Kier molecular flexibility index (Phi) is 5.61. The molecule has 21 heavy (non-hydrogen) atoms. The van der Waals surface area contributed by atoms with E-state index in [0.717, 1.165) is 24.8 Å². The van der Waals surface area contributed by atoms with Gasteiger partial charge in [0.05, 0.1) is 11.9 Å². The fourth-order valence-electron chi connectivity index (χ4n) is 2.51. The molecule has 0 saturated carbocycles. The first-order chi connectivity index (χ1) is 10.0. The molecule has 1 aliphatic heterocycles. The number of rotatable bonds is 7. The molecule has 0 aromatic heterocycles. The third-order valence-corrected chi connectivity index (χ3v) is 5.52. The second-order valence-corrected chi connectivity index (χ2v) is 7.50. The number of benzene rings is 1. The Labute approximate surface area is 127 Å². The van der Waals surface area contributed by atoms with Crippen LogP contribution in [0.3, 0.4) is 0 Å². The summed E-state index contributed by atoms with van der Waals surface area (Å²) in [6.45, 7) is 3.58. The van der Waals surface area contributed by atoms with Crippen molar-refractivity contribution in [1.82, 2.24) is 4.31 Å². The lowest BCUT2D eigenvalue weighted by atomic mass is 10.2. The van der Waals surface area contributed by atoms with Crippen LogP contribution in [0.25, 0.3) is 0 Å². The van der Waals surface area contributed by atoms with Gasteiger partial charge < -0.3 is 10.5 Å². The summed E-state index contributed by atoms with van der Waals surface area (Å²) in [6.07, 6.45) is 2.42. The molecular formula is C15H24N2O3S. The van der Waals surface area contributed by atoms with Crippen LogP contribution >= 0.6 is 0 Å². The van der Waals surface area contributed by atoms with Crippen molar-refractivity contribution >= 4 is 15.7 Å². The van der Waals surface area contributed by atoms with Gasteiger partial charge in [0.1, 0.15) is 0 Å². The molecule has 5 nitrogen and oxygen atoms in total. The van der Waals surface area contributed by atoms with E-state index >= 15 is 0 Å². The Morgan fingerprint density at radius 2 is 2.05 bits per heavy atom. The molecule has 0 aliphatic carbocycles. The zero-order chi connectivity index (χ0) is 15.3. The monoisotopic (exact) mass is 312 g/mol. The quantitative estimate of drug-likeness (QED) is 0.782. The van der Waals surface area contributed by atoms with Crippen LogP contribution in [-0.2, 0) is 21.3 Å². The van der Waals surface area contributed by atoms with Gasteiger partial charge in [0.2, 0.25) is 10.0 Å². The first-order valence-corrected chi connectivity index (χ1v) is 9.06. The van der Waals surface area contributed by atoms with Gasteiger partial charge in [-0.2, -0.15) is 4.31 Å². The number of ether oxygens (including phenoxy) is 1. The summed E-state index contributed by atoms with van der Waals surface area (Å²) in [4.78, 5) is 0. The first-order valence-electron chi connectivity index (χ1n) is 7.45. The van der Waals surface area contributed by atoms with Gasteiger partial charge in [-0.15, -0.1) is 0 Å². The zero-order valence-electron chi connectivity index (χ0n) is 12.5. The van der Waals surface area contributed by atoms with Crippen LogP contribution in [0.1, 0.15) is 31.7 Å². The molecule has 1 heterocycles. The summed E-state index contributed by atoms with van der Waals surface area (Å²) >= 11 is 0. The molecule has 1 saturated heterocycles. The second-order valence-electron chi connectivity index (χ2n) is 5.49. The molecule has 1 aliphatic rings. The molecule has 0 bridgehead atoms. The molecule has 1 unspecified atom stereocenters. The fourth-order valence-corrected chi connectivity index (χ4v) is 4.26. The SMILES string of the molecule is CCCN(Cc1ccc(N)cc1)S(=O)(=O)CC1CCCO1. The third kappa shape index (κ3) is 4.69. The molecule has 0 spiro atoms. The van der Waals surface area contributed by atoms with Crippen LogP contribution in [0.5, 0.6) is 0 Å². The number of anilines is 1. The average molecular weight is 312 g/mol. The van der Waals surface area contributed by atoms with Crippen LogP contribution < -0.4 is 5.73 Å². The van der Waals surface area contributed by atoms with Gasteiger partial charge in [-0.1, -0.05) is 19.1 Å². The predicted octanol–water partition coefficient (Wildman–Crippen LogP) is 1.99. The normalized spacial score (nSPS) is 19.2.